The van der Waals surface area contributed by atoms with E-state index in [0.717, 1.165) is 11.1 Å². The number of nitrogens with zero attached hydrogens (tertiary/aromatic N) is 1. The van der Waals surface area contributed by atoms with Crippen LogP contribution in [0.2, 0.25) is 0 Å². The monoisotopic (exact) mass is 349 g/mol. The van der Waals surface area contributed by atoms with Crippen LogP contribution >= 0.6 is 16.9 Å². The van der Waals surface area contributed by atoms with Gasteiger partial charge in [0, 0.05) is 5.69 Å². The third kappa shape index (κ3) is 4.50. The molecular formula is C15H29NO4P2. The lowest BCUT2D eigenvalue weighted by Gasteiger charge is -2.24. The molecule has 0 aliphatic heterocycles. The zero-order valence-electron chi connectivity index (χ0n) is 14.8. The predicted octanol–water partition coefficient (Wildman–Crippen LogP) is 4.57. The molecule has 0 atom stereocenters. The Labute approximate surface area is 137 Å². The zero-order chi connectivity index (χ0) is 16.7. The summed E-state index contributed by atoms with van der Waals surface area (Å²) in [6.07, 6.45) is 0. The van der Waals surface area contributed by atoms with Crippen LogP contribution in [0.4, 0.5) is 0 Å². The summed E-state index contributed by atoms with van der Waals surface area (Å²) in [4.78, 5) is 0. The van der Waals surface area contributed by atoms with Gasteiger partial charge in [-0.25, -0.2) is 0 Å². The highest BCUT2D eigenvalue weighted by atomic mass is 31.2. The maximum absolute atomic E-state index is 5.89. The fraction of sp³-hybridized carbons (Fsp3) is 0.733. The van der Waals surface area contributed by atoms with Gasteiger partial charge in [-0.3, -0.25) is 4.34 Å². The van der Waals surface area contributed by atoms with Crippen molar-refractivity contribution in [1.82, 2.24) is 4.34 Å². The fourth-order valence-electron chi connectivity index (χ4n) is 2.10. The van der Waals surface area contributed by atoms with Gasteiger partial charge in [-0.2, -0.15) is 0 Å². The van der Waals surface area contributed by atoms with E-state index < -0.39 is 16.9 Å². The van der Waals surface area contributed by atoms with E-state index >= 15 is 0 Å². The molecule has 5 nitrogen and oxygen atoms in total. The molecule has 0 spiro atoms. The molecule has 0 bridgehead atoms. The van der Waals surface area contributed by atoms with Crippen LogP contribution in [0.15, 0.2) is 0 Å². The van der Waals surface area contributed by atoms with Gasteiger partial charge in [0.1, 0.15) is 5.44 Å². The van der Waals surface area contributed by atoms with Crippen molar-refractivity contribution in [1.29, 1.82) is 0 Å². The second-order valence-electron chi connectivity index (χ2n) is 4.64. The molecule has 0 saturated heterocycles. The minimum absolute atomic E-state index is 0.613. The summed E-state index contributed by atoms with van der Waals surface area (Å²) in [5, 5.41) is 0. The maximum Gasteiger partial charge on any atom is 0.294 e. The van der Waals surface area contributed by atoms with Crippen molar-refractivity contribution >= 4 is 22.3 Å². The molecule has 0 aliphatic rings. The number of aromatic nitrogens is 1. The standard InChI is InChI=1S/C15H29NO4P2/c1-8-17-21(18-9-2)15-13(6)12(5)14(7)16(15)22(19-10-3)20-11-4/h8-11H2,1-7H3. The molecule has 0 unspecified atom stereocenters. The molecule has 7 heteroatoms. The first kappa shape index (κ1) is 20.0. The SMILES string of the molecule is CCOP(OCC)c1c(C)c(C)c(C)n1P(OCC)OCC. The Balaban J connectivity index is 3.37. The average molecular weight is 349 g/mol. The van der Waals surface area contributed by atoms with Crippen LogP contribution in [0.25, 0.3) is 0 Å². The summed E-state index contributed by atoms with van der Waals surface area (Å²) < 4.78 is 25.7. The predicted molar refractivity (Wildman–Crippen MR) is 94.0 cm³/mol. The quantitative estimate of drug-likeness (QED) is 0.580. The lowest BCUT2D eigenvalue weighted by Crippen LogP contribution is -2.19. The van der Waals surface area contributed by atoms with Crippen molar-refractivity contribution in [3.63, 3.8) is 0 Å². The van der Waals surface area contributed by atoms with Crippen LogP contribution < -0.4 is 5.44 Å². The van der Waals surface area contributed by atoms with E-state index in [9.17, 15) is 0 Å². The largest absolute Gasteiger partial charge is 0.330 e. The summed E-state index contributed by atoms with van der Waals surface area (Å²) in [7, 11) is -2.30. The highest BCUT2D eigenvalue weighted by Crippen LogP contribution is 2.48. The molecule has 0 radical (unpaired) electrons. The van der Waals surface area contributed by atoms with Gasteiger partial charge in [0.2, 0.25) is 8.38 Å². The van der Waals surface area contributed by atoms with E-state index in [2.05, 4.69) is 25.1 Å². The summed E-state index contributed by atoms with van der Waals surface area (Å²) in [6.45, 7) is 16.8. The van der Waals surface area contributed by atoms with E-state index in [1.807, 2.05) is 27.7 Å². The van der Waals surface area contributed by atoms with Gasteiger partial charge in [-0.15, -0.1) is 0 Å². The van der Waals surface area contributed by atoms with E-state index in [-0.39, 0.29) is 0 Å². The first-order chi connectivity index (χ1) is 10.5. The molecule has 0 fully saturated rings. The molecule has 128 valence electrons. The van der Waals surface area contributed by atoms with Crippen molar-refractivity contribution in [2.45, 2.75) is 48.5 Å². The Kier molecular flexibility index (Phi) is 9.08. The van der Waals surface area contributed by atoms with Crippen molar-refractivity contribution in [3.8, 4) is 0 Å². The molecule has 1 rings (SSSR count). The van der Waals surface area contributed by atoms with Gasteiger partial charge in [0.25, 0.3) is 8.53 Å². The van der Waals surface area contributed by atoms with Crippen LogP contribution in [0.1, 0.15) is 44.5 Å². The van der Waals surface area contributed by atoms with Gasteiger partial charge < -0.3 is 18.1 Å². The molecule has 0 aromatic carbocycles. The second kappa shape index (κ2) is 9.97. The maximum atomic E-state index is 5.89. The van der Waals surface area contributed by atoms with Crippen molar-refractivity contribution in [3.05, 3.63) is 16.8 Å². The number of rotatable bonds is 10. The van der Waals surface area contributed by atoms with E-state index in [1.54, 1.807) is 0 Å². The molecule has 1 aromatic heterocycles. The molecule has 1 aromatic rings. The first-order valence-electron chi connectivity index (χ1n) is 7.83. The zero-order valence-corrected chi connectivity index (χ0v) is 16.6. The molecule has 0 aliphatic carbocycles. The van der Waals surface area contributed by atoms with Gasteiger partial charge in [0.05, 0.1) is 26.4 Å². The molecular weight excluding hydrogens is 320 g/mol. The smallest absolute Gasteiger partial charge is 0.294 e. The van der Waals surface area contributed by atoms with Crippen LogP contribution in [-0.2, 0) is 18.1 Å². The Bertz CT molecular complexity index is 413. The topological polar surface area (TPSA) is 41.9 Å². The molecule has 22 heavy (non-hydrogen) atoms. The minimum Gasteiger partial charge on any atom is -0.330 e. The van der Waals surface area contributed by atoms with E-state index in [0.29, 0.717) is 26.4 Å². The van der Waals surface area contributed by atoms with Gasteiger partial charge in [-0.1, -0.05) is 0 Å². The average Bonchev–Trinajstić information content (AvgIpc) is 2.71. The summed E-state index contributed by atoms with van der Waals surface area (Å²) in [5.74, 6) is 0. The first-order valence-corrected chi connectivity index (χ1v) is 10.1. The van der Waals surface area contributed by atoms with Crippen LogP contribution in [0.3, 0.4) is 0 Å². The summed E-state index contributed by atoms with van der Waals surface area (Å²) >= 11 is 0. The van der Waals surface area contributed by atoms with Crippen molar-refractivity contribution in [2.24, 2.45) is 0 Å². The molecule has 0 N–H and O–H groups in total. The highest BCUT2D eigenvalue weighted by Gasteiger charge is 2.30. The van der Waals surface area contributed by atoms with Crippen LogP contribution in [-0.4, -0.2) is 30.8 Å². The molecule has 0 amide bonds. The Morgan fingerprint density at radius 2 is 1.18 bits per heavy atom. The van der Waals surface area contributed by atoms with Gasteiger partial charge in [0.15, 0.2) is 0 Å². The molecule has 0 saturated carbocycles. The van der Waals surface area contributed by atoms with Crippen LogP contribution in [0, 0.1) is 20.8 Å². The highest BCUT2D eigenvalue weighted by molar-refractivity contribution is 7.57. The summed E-state index contributed by atoms with van der Waals surface area (Å²) in [6, 6.07) is 0. The second-order valence-corrected chi connectivity index (χ2v) is 7.48. The third-order valence-corrected chi connectivity index (χ3v) is 7.08. The normalized spacial score (nSPS) is 11.9. The van der Waals surface area contributed by atoms with Gasteiger partial charge in [-0.05, 0) is 59.6 Å². The lowest BCUT2D eigenvalue weighted by atomic mass is 10.2. The summed E-state index contributed by atoms with van der Waals surface area (Å²) in [5.41, 5.74) is 4.68. The molecule has 1 heterocycles. The Hall–Kier alpha value is -0.0200. The van der Waals surface area contributed by atoms with Crippen molar-refractivity contribution in [2.75, 3.05) is 26.4 Å². The number of hydrogen-bond donors (Lipinski definition) is 0. The fourth-order valence-corrected chi connectivity index (χ4v) is 5.52. The lowest BCUT2D eigenvalue weighted by molar-refractivity contribution is 0.260. The van der Waals surface area contributed by atoms with E-state index in [1.165, 1.54) is 11.1 Å². The third-order valence-electron chi connectivity index (χ3n) is 3.27. The van der Waals surface area contributed by atoms with Crippen molar-refractivity contribution < 1.29 is 18.1 Å². The Morgan fingerprint density at radius 3 is 1.59 bits per heavy atom. The van der Waals surface area contributed by atoms with E-state index in [4.69, 9.17) is 18.1 Å². The minimum atomic E-state index is -1.17. The number of hydrogen-bond acceptors (Lipinski definition) is 4. The Morgan fingerprint density at radius 1 is 0.727 bits per heavy atom. The van der Waals surface area contributed by atoms with Gasteiger partial charge >= 0.3 is 0 Å². The van der Waals surface area contributed by atoms with Crippen LogP contribution in [0.5, 0.6) is 0 Å².